The van der Waals surface area contributed by atoms with Crippen molar-refractivity contribution in [2.24, 2.45) is 16.2 Å². The zero-order valence-corrected chi connectivity index (χ0v) is 16.1. The van der Waals surface area contributed by atoms with E-state index in [-0.39, 0.29) is 21.8 Å². The number of hydrogen-bond acceptors (Lipinski definition) is 3. The molecule has 0 radical (unpaired) electrons. The molecule has 0 saturated carbocycles. The highest BCUT2D eigenvalue weighted by Crippen LogP contribution is 2.44. The number of hydrogen-bond donors (Lipinski definition) is 0. The fourth-order valence-electron chi connectivity index (χ4n) is 2.17. The van der Waals surface area contributed by atoms with Gasteiger partial charge in [0.15, 0.2) is 0 Å². The lowest BCUT2D eigenvalue weighted by Gasteiger charge is -2.48. The van der Waals surface area contributed by atoms with Crippen LogP contribution in [-0.2, 0) is 14.2 Å². The van der Waals surface area contributed by atoms with Crippen molar-refractivity contribution in [1.29, 1.82) is 0 Å². The van der Waals surface area contributed by atoms with Crippen molar-refractivity contribution in [3.8, 4) is 0 Å². The first-order valence-electron chi connectivity index (χ1n) is 8.01. The molecule has 0 aliphatic rings. The molecule has 0 fully saturated rings. The van der Waals surface area contributed by atoms with Crippen LogP contribution in [0.5, 0.6) is 0 Å². The van der Waals surface area contributed by atoms with Gasteiger partial charge in [-0.25, -0.2) is 0 Å². The minimum Gasteiger partial charge on any atom is -0.384 e. The van der Waals surface area contributed by atoms with Crippen molar-refractivity contribution in [3.05, 3.63) is 0 Å². The fourth-order valence-corrected chi connectivity index (χ4v) is 2.17. The van der Waals surface area contributed by atoms with Gasteiger partial charge in [0.2, 0.25) is 0 Å². The molecule has 21 heavy (non-hydrogen) atoms. The van der Waals surface area contributed by atoms with Gasteiger partial charge in [0.25, 0.3) is 0 Å². The zero-order chi connectivity index (χ0) is 16.9. The Kier molecular flexibility index (Phi) is 7.39. The third kappa shape index (κ3) is 4.94. The molecule has 0 spiro atoms. The van der Waals surface area contributed by atoms with Gasteiger partial charge in [-0.1, -0.05) is 48.0 Å². The van der Waals surface area contributed by atoms with Gasteiger partial charge in [-0.05, 0) is 24.7 Å². The highest BCUT2D eigenvalue weighted by Gasteiger charge is 2.46. The van der Waals surface area contributed by atoms with Crippen molar-refractivity contribution in [2.45, 2.75) is 67.4 Å². The third-order valence-corrected chi connectivity index (χ3v) is 5.68. The molecule has 3 heteroatoms. The lowest BCUT2D eigenvalue weighted by atomic mass is 9.65. The molecule has 0 unspecified atom stereocenters. The minimum absolute atomic E-state index is 0.0764. The maximum atomic E-state index is 6.39. The summed E-state index contributed by atoms with van der Waals surface area (Å²) in [4.78, 5) is 0. The van der Waals surface area contributed by atoms with Crippen molar-refractivity contribution in [1.82, 2.24) is 0 Å². The second kappa shape index (κ2) is 7.43. The van der Waals surface area contributed by atoms with Crippen LogP contribution in [0.25, 0.3) is 0 Å². The van der Waals surface area contributed by atoms with E-state index in [1.54, 1.807) is 14.2 Å². The molecule has 0 heterocycles. The lowest BCUT2D eigenvalue weighted by Crippen LogP contribution is -2.51. The summed E-state index contributed by atoms with van der Waals surface area (Å²) >= 11 is 0. The smallest absolute Gasteiger partial charge is 0.0674 e. The van der Waals surface area contributed by atoms with Crippen LogP contribution in [-0.4, -0.2) is 39.6 Å². The average Bonchev–Trinajstić information content (AvgIpc) is 2.35. The second-order valence-corrected chi connectivity index (χ2v) is 8.43. The van der Waals surface area contributed by atoms with E-state index in [2.05, 4.69) is 55.4 Å². The summed E-state index contributed by atoms with van der Waals surface area (Å²) in [5, 5.41) is 0. The zero-order valence-electron chi connectivity index (χ0n) is 16.1. The molecule has 0 saturated heterocycles. The molecular weight excluding hydrogens is 264 g/mol. The van der Waals surface area contributed by atoms with Gasteiger partial charge in [-0.2, -0.15) is 0 Å². The van der Waals surface area contributed by atoms with E-state index in [0.29, 0.717) is 19.8 Å². The maximum Gasteiger partial charge on any atom is 0.0674 e. The summed E-state index contributed by atoms with van der Waals surface area (Å²) in [5.74, 6) is 0. The van der Waals surface area contributed by atoms with Gasteiger partial charge in [0.05, 0.1) is 25.4 Å². The van der Waals surface area contributed by atoms with Gasteiger partial charge in [0.1, 0.15) is 0 Å². The van der Waals surface area contributed by atoms with E-state index < -0.39 is 0 Å². The molecule has 0 aliphatic heterocycles. The van der Waals surface area contributed by atoms with Gasteiger partial charge in [0, 0.05) is 19.6 Å². The van der Waals surface area contributed by atoms with Crippen LogP contribution in [0.4, 0.5) is 0 Å². The largest absolute Gasteiger partial charge is 0.384 e. The predicted octanol–water partition coefficient (Wildman–Crippen LogP) is 4.54. The number of methoxy groups -OCH3 is 2. The molecule has 0 aromatic rings. The van der Waals surface area contributed by atoms with E-state index in [1.165, 1.54) is 0 Å². The third-order valence-electron chi connectivity index (χ3n) is 5.68. The van der Waals surface area contributed by atoms with Crippen molar-refractivity contribution in [3.63, 3.8) is 0 Å². The maximum absolute atomic E-state index is 6.39. The van der Waals surface area contributed by atoms with Gasteiger partial charge < -0.3 is 14.2 Å². The number of rotatable bonds is 9. The Morgan fingerprint density at radius 3 is 1.43 bits per heavy atom. The highest BCUT2D eigenvalue weighted by molar-refractivity contribution is 4.94. The van der Waals surface area contributed by atoms with Crippen LogP contribution in [0.2, 0.25) is 0 Å². The second-order valence-electron chi connectivity index (χ2n) is 8.43. The van der Waals surface area contributed by atoms with Crippen LogP contribution >= 0.6 is 0 Å². The van der Waals surface area contributed by atoms with E-state index in [1.807, 2.05) is 0 Å². The Balaban J connectivity index is 5.33. The SMILES string of the molecule is CCC(C)(C)C(COC)(COC)COC(C)(C)C(C)(C)C. The summed E-state index contributed by atoms with van der Waals surface area (Å²) in [6.45, 7) is 19.7. The lowest BCUT2D eigenvalue weighted by molar-refractivity contribution is -0.173. The Labute approximate surface area is 132 Å². The van der Waals surface area contributed by atoms with Crippen LogP contribution in [0.1, 0.15) is 61.8 Å². The molecule has 3 nitrogen and oxygen atoms in total. The van der Waals surface area contributed by atoms with E-state index >= 15 is 0 Å². The van der Waals surface area contributed by atoms with Gasteiger partial charge in [-0.3, -0.25) is 0 Å². The minimum atomic E-state index is -0.205. The molecule has 0 aromatic carbocycles. The normalized spacial score (nSPS) is 14.6. The molecule has 0 bridgehead atoms. The first kappa shape index (κ1) is 20.9. The predicted molar refractivity (Wildman–Crippen MR) is 89.7 cm³/mol. The topological polar surface area (TPSA) is 27.7 Å². The molecule has 0 atom stereocenters. The highest BCUT2D eigenvalue weighted by atomic mass is 16.5. The van der Waals surface area contributed by atoms with E-state index in [9.17, 15) is 0 Å². The Hall–Kier alpha value is -0.120. The summed E-state index contributed by atoms with van der Waals surface area (Å²) in [5.41, 5.74) is -0.195. The molecule has 0 N–H and O–H groups in total. The first-order valence-corrected chi connectivity index (χ1v) is 8.01. The Morgan fingerprint density at radius 1 is 0.714 bits per heavy atom. The van der Waals surface area contributed by atoms with Crippen molar-refractivity contribution in [2.75, 3.05) is 34.0 Å². The summed E-state index contributed by atoms with van der Waals surface area (Å²) in [7, 11) is 3.51. The van der Waals surface area contributed by atoms with Crippen LogP contribution in [0.3, 0.4) is 0 Å². The fraction of sp³-hybridized carbons (Fsp3) is 1.00. The molecular formula is C18H38O3. The quantitative estimate of drug-likeness (QED) is 0.625. The molecule has 0 aromatic heterocycles. The van der Waals surface area contributed by atoms with E-state index in [0.717, 1.165) is 6.42 Å². The summed E-state index contributed by atoms with van der Waals surface area (Å²) in [6.07, 6.45) is 1.05. The molecule has 128 valence electrons. The van der Waals surface area contributed by atoms with Crippen LogP contribution in [0.15, 0.2) is 0 Å². The summed E-state index contributed by atoms with van der Waals surface area (Å²) < 4.78 is 17.5. The van der Waals surface area contributed by atoms with Crippen molar-refractivity contribution < 1.29 is 14.2 Å². The first-order chi connectivity index (χ1) is 9.39. The standard InChI is InChI=1S/C18H38O3/c1-11-16(5,6)18(12-19-9,13-20-10)14-21-17(7,8)15(2,3)4/h11-14H2,1-10H3. The van der Waals surface area contributed by atoms with E-state index in [4.69, 9.17) is 14.2 Å². The van der Waals surface area contributed by atoms with Crippen molar-refractivity contribution >= 4 is 0 Å². The van der Waals surface area contributed by atoms with Crippen LogP contribution < -0.4 is 0 Å². The van der Waals surface area contributed by atoms with Gasteiger partial charge in [-0.15, -0.1) is 0 Å². The van der Waals surface area contributed by atoms with Gasteiger partial charge >= 0.3 is 0 Å². The molecule has 0 aliphatic carbocycles. The number of ether oxygens (including phenoxy) is 3. The Morgan fingerprint density at radius 2 is 1.14 bits per heavy atom. The summed E-state index contributed by atoms with van der Waals surface area (Å²) in [6, 6.07) is 0. The Bertz CT molecular complexity index is 294. The molecule has 0 rings (SSSR count). The molecule has 0 amide bonds. The monoisotopic (exact) mass is 302 g/mol. The van der Waals surface area contributed by atoms with Crippen LogP contribution in [0, 0.1) is 16.2 Å². The average molecular weight is 302 g/mol.